The summed E-state index contributed by atoms with van der Waals surface area (Å²) in [5, 5.41) is 103. The van der Waals surface area contributed by atoms with Crippen LogP contribution in [0.1, 0.15) is 0 Å². The van der Waals surface area contributed by atoms with E-state index in [2.05, 4.69) is 0 Å². The van der Waals surface area contributed by atoms with E-state index in [1.807, 2.05) is 0 Å². The Kier molecular flexibility index (Phi) is 75.0. The largest absolute Gasteiger partial charge is 1.00 e. The maximum absolute atomic E-state index is 8.64. The van der Waals surface area contributed by atoms with Crippen LogP contribution in [-0.4, -0.2) is 95.8 Å². The summed E-state index contributed by atoms with van der Waals surface area (Å²) in [6, 6.07) is 0. The standard InChI is InChI=1S/CH2O3.3BH3O3.BH2O3.2Na/c5*2-1(3)4;;/h(H2,2,3,4);3*2-4H;2-3H;;/q;;;;-1;2*+1/p-1. The van der Waals surface area contributed by atoms with Crippen molar-refractivity contribution in [3.8, 4) is 0 Å². The second-order valence-corrected chi connectivity index (χ2v) is 1.63. The van der Waals surface area contributed by atoms with E-state index in [1.165, 1.54) is 0 Å². The van der Waals surface area contributed by atoms with Crippen LogP contribution in [0.25, 0.3) is 0 Å². The van der Waals surface area contributed by atoms with E-state index in [1.54, 1.807) is 0 Å². The summed E-state index contributed by atoms with van der Waals surface area (Å²) in [6.07, 6.45) is -2.08. The van der Waals surface area contributed by atoms with E-state index in [9.17, 15) is 0 Å². The number of carbonyl (C=O) groups is 1. The normalized spacial score (nSPS) is 6.00. The van der Waals surface area contributed by atoms with Gasteiger partial charge in [0.15, 0.2) is 0 Å². The zero-order chi connectivity index (χ0) is 17.9. The molecule has 0 bridgehead atoms. The second-order valence-electron chi connectivity index (χ2n) is 1.63. The van der Waals surface area contributed by atoms with Crippen molar-refractivity contribution in [2.24, 2.45) is 0 Å². The Morgan fingerprint density at radius 1 is 0.636 bits per heavy atom. The maximum Gasteiger partial charge on any atom is 1.00 e. The Labute approximate surface area is 169 Å². The molecule has 0 heterocycles. The van der Waals surface area contributed by atoms with Gasteiger partial charge in [-0.05, 0) is 0 Å². The Hall–Kier alpha value is 1.05. The van der Waals surface area contributed by atoms with E-state index in [0.29, 0.717) is 0 Å². The van der Waals surface area contributed by atoms with Gasteiger partial charge in [-0.1, -0.05) is 0 Å². The van der Waals surface area contributed by atoms with Gasteiger partial charge in [0.05, 0.1) is 0 Å². The van der Waals surface area contributed by atoms with Crippen LogP contribution in [0, 0.1) is 0 Å². The first-order chi connectivity index (χ1) is 8.66. The van der Waals surface area contributed by atoms with Gasteiger partial charge in [-0.2, -0.15) is 0 Å². The van der Waals surface area contributed by atoms with Gasteiger partial charge in [-0.25, -0.2) is 0 Å². The van der Waals surface area contributed by atoms with Gasteiger partial charge in [0.25, 0.3) is 0 Å². The summed E-state index contributed by atoms with van der Waals surface area (Å²) in [5.41, 5.74) is 0. The number of hydrogen-bond acceptors (Lipinski definition) is 14. The van der Waals surface area contributed by atoms with Crippen LogP contribution in [0.4, 0.5) is 4.79 Å². The van der Waals surface area contributed by atoms with E-state index in [0.717, 1.165) is 0 Å². The topological polar surface area (TPSA) is 306 Å². The minimum absolute atomic E-state index is 0. The zero-order valence-electron chi connectivity index (χ0n) is 11.4. The van der Waals surface area contributed by atoms with Gasteiger partial charge in [-0.3, -0.25) is 0 Å². The molecule has 120 valence electrons. The van der Waals surface area contributed by atoms with Crippen molar-refractivity contribution >= 4 is 35.4 Å². The predicted molar refractivity (Wildman–Crippen MR) is 55.4 cm³/mol. The van der Waals surface area contributed by atoms with Crippen molar-refractivity contribution in [2.45, 2.75) is 0 Å². The molecule has 0 radical (unpaired) electrons. The van der Waals surface area contributed by atoms with Gasteiger partial charge in [0.2, 0.25) is 6.16 Å². The SMILES string of the molecule is O=C([O-])O.OB(O)O.OB(O)O.OB(O)O.[Na+].[Na+].[O-]B(O)O. The fourth-order valence-electron chi connectivity index (χ4n) is 0. The first-order valence-corrected chi connectivity index (χ1v) is 3.71. The van der Waals surface area contributed by atoms with Crippen LogP contribution >= 0.6 is 0 Å². The molecular formula is CH12B4Na2O15. The molecule has 0 rings (SSSR count). The van der Waals surface area contributed by atoms with E-state index >= 15 is 0 Å². The first kappa shape index (κ1) is 43.5. The Morgan fingerprint density at radius 2 is 0.636 bits per heavy atom. The molecule has 0 aromatic heterocycles. The summed E-state index contributed by atoms with van der Waals surface area (Å²) >= 11 is 0. The van der Waals surface area contributed by atoms with Crippen LogP contribution in [-0.2, 0) is 0 Å². The maximum atomic E-state index is 8.64. The van der Waals surface area contributed by atoms with Gasteiger partial charge in [-0.15, -0.1) is 0 Å². The van der Waals surface area contributed by atoms with Crippen LogP contribution in [0.15, 0.2) is 0 Å². The van der Waals surface area contributed by atoms with Crippen LogP contribution in [0.5, 0.6) is 0 Å². The van der Waals surface area contributed by atoms with Crippen LogP contribution < -0.4 is 69.2 Å². The molecule has 0 aromatic carbocycles. The molecule has 0 saturated heterocycles. The molecule has 0 unspecified atom stereocenters. The molecule has 15 nitrogen and oxygen atoms in total. The molecule has 0 spiro atoms. The van der Waals surface area contributed by atoms with Gasteiger partial charge >= 0.3 is 88.4 Å². The Bertz CT molecular complexity index is 129. The molecule has 0 fully saturated rings. The fraction of sp³-hybridized carbons (Fsp3) is 0. The number of hydrogen-bond donors (Lipinski definition) is 12. The number of rotatable bonds is 0. The monoisotopic (exact) mass is 354 g/mol. The van der Waals surface area contributed by atoms with Crippen molar-refractivity contribution < 1.29 is 134 Å². The van der Waals surface area contributed by atoms with Crippen molar-refractivity contribution in [1.29, 1.82) is 0 Å². The van der Waals surface area contributed by atoms with Gasteiger partial charge in [0, 0.05) is 0 Å². The summed E-state index contributed by atoms with van der Waals surface area (Å²) in [7, 11) is -8.92. The molecule has 0 saturated carbocycles. The smallest absolute Gasteiger partial charge is 0.832 e. The molecule has 12 N–H and O–H groups in total. The van der Waals surface area contributed by atoms with Crippen LogP contribution in [0.2, 0.25) is 0 Å². The Morgan fingerprint density at radius 3 is 0.636 bits per heavy atom. The molecule has 21 heteroatoms. The molecule has 0 aliphatic heterocycles. The minimum Gasteiger partial charge on any atom is -0.832 e. The van der Waals surface area contributed by atoms with Gasteiger partial charge in [0.1, 0.15) is 0 Å². The number of carboxylic acid groups (broad SMARTS) is 2. The van der Waals surface area contributed by atoms with Crippen LogP contribution in [0.3, 0.4) is 0 Å². The molecule has 22 heavy (non-hydrogen) atoms. The average molecular weight is 353 g/mol. The summed E-state index contributed by atoms with van der Waals surface area (Å²) in [5.74, 6) is 0. The second kappa shape index (κ2) is 37.9. The minimum atomic E-state index is -2.42. The third-order valence-electron chi connectivity index (χ3n) is 0. The third-order valence-corrected chi connectivity index (χ3v) is 0. The van der Waals surface area contributed by atoms with Crippen molar-refractivity contribution in [3.63, 3.8) is 0 Å². The van der Waals surface area contributed by atoms with E-state index in [4.69, 9.17) is 75.3 Å². The Balaban J connectivity index is -0.0000000250. The molecule has 0 aliphatic rings. The van der Waals surface area contributed by atoms with Crippen molar-refractivity contribution in [1.82, 2.24) is 0 Å². The average Bonchev–Trinajstić information content (AvgIpc) is 1.94. The van der Waals surface area contributed by atoms with Crippen molar-refractivity contribution in [2.75, 3.05) is 0 Å². The summed E-state index contributed by atoms with van der Waals surface area (Å²) in [6.45, 7) is 0. The predicted octanol–water partition coefficient (Wildman–Crippen LogP) is -15.9. The molecule has 0 aromatic rings. The third kappa shape index (κ3) is 7680. The first-order valence-electron chi connectivity index (χ1n) is 3.71. The summed E-state index contributed by atoms with van der Waals surface area (Å²) < 4.78 is 0. The van der Waals surface area contributed by atoms with E-state index in [-0.39, 0.29) is 59.1 Å². The zero-order valence-corrected chi connectivity index (χ0v) is 15.4. The van der Waals surface area contributed by atoms with Gasteiger partial charge < -0.3 is 75.3 Å². The summed E-state index contributed by atoms with van der Waals surface area (Å²) in [4.78, 5) is 8.44. The molecule has 0 aliphatic carbocycles. The van der Waals surface area contributed by atoms with E-state index < -0.39 is 35.4 Å². The molecule has 0 atom stereocenters. The molecular weight excluding hydrogens is 341 g/mol. The van der Waals surface area contributed by atoms with Crippen molar-refractivity contribution in [3.05, 3.63) is 0 Å². The fourth-order valence-corrected chi connectivity index (χ4v) is 0. The molecule has 0 amide bonds. The quantitative estimate of drug-likeness (QED) is 0.180.